The number of rotatable bonds is 2. The van der Waals surface area contributed by atoms with Gasteiger partial charge in [0, 0.05) is 0 Å². The minimum Gasteiger partial charge on any atom is -0.494 e. The number of hydrogen-bond donors (Lipinski definition) is 2. The summed E-state index contributed by atoms with van der Waals surface area (Å²) in [6, 6.07) is 4.65. The molecule has 3 nitrogen and oxygen atoms in total. The molecule has 1 aliphatic rings. The Bertz CT molecular complexity index is 375. The highest BCUT2D eigenvalue weighted by molar-refractivity contribution is 5.32. The van der Waals surface area contributed by atoms with E-state index in [1.807, 2.05) is 0 Å². The van der Waals surface area contributed by atoms with Crippen molar-refractivity contribution >= 4 is 0 Å². The second-order valence-corrected chi connectivity index (χ2v) is 4.13. The molecule has 0 aliphatic carbocycles. The third kappa shape index (κ3) is 2.03. The van der Waals surface area contributed by atoms with Gasteiger partial charge < -0.3 is 15.2 Å². The maximum atomic E-state index is 13.5. The van der Waals surface area contributed by atoms with Crippen molar-refractivity contribution in [3.63, 3.8) is 0 Å². The third-order valence-electron chi connectivity index (χ3n) is 3.12. The first-order chi connectivity index (χ1) is 7.65. The van der Waals surface area contributed by atoms with Gasteiger partial charge in [-0.2, -0.15) is 0 Å². The summed E-state index contributed by atoms with van der Waals surface area (Å²) in [4.78, 5) is 0. The second-order valence-electron chi connectivity index (χ2n) is 4.13. The van der Waals surface area contributed by atoms with Crippen LogP contribution in [0.5, 0.6) is 5.75 Å². The molecular weight excluding hydrogens is 209 g/mol. The molecule has 1 aromatic carbocycles. The van der Waals surface area contributed by atoms with Crippen LogP contribution < -0.4 is 10.1 Å². The van der Waals surface area contributed by atoms with Gasteiger partial charge in [0.2, 0.25) is 0 Å². The lowest BCUT2D eigenvalue weighted by atomic mass is 9.85. The molecule has 1 aliphatic heterocycles. The second kappa shape index (κ2) is 4.39. The van der Waals surface area contributed by atoms with E-state index in [9.17, 15) is 9.50 Å². The monoisotopic (exact) mass is 225 g/mol. The average molecular weight is 225 g/mol. The molecule has 88 valence electrons. The Hall–Kier alpha value is -1.13. The van der Waals surface area contributed by atoms with E-state index in [-0.39, 0.29) is 5.75 Å². The highest BCUT2D eigenvalue weighted by Gasteiger charge is 2.31. The molecule has 16 heavy (non-hydrogen) atoms. The minimum absolute atomic E-state index is 0.210. The van der Waals surface area contributed by atoms with E-state index < -0.39 is 11.4 Å². The van der Waals surface area contributed by atoms with Crippen LogP contribution in [0.2, 0.25) is 0 Å². The van der Waals surface area contributed by atoms with Crippen molar-refractivity contribution in [2.24, 2.45) is 0 Å². The van der Waals surface area contributed by atoms with Crippen molar-refractivity contribution in [2.75, 3.05) is 20.2 Å². The number of nitrogens with one attached hydrogen (secondary N) is 1. The van der Waals surface area contributed by atoms with Crippen LogP contribution in [-0.2, 0) is 5.60 Å². The summed E-state index contributed by atoms with van der Waals surface area (Å²) in [7, 11) is 1.43. The predicted octanol–water partition coefficient (Wildman–Crippen LogP) is 1.41. The number of hydrogen-bond acceptors (Lipinski definition) is 3. The molecule has 2 rings (SSSR count). The first kappa shape index (κ1) is 11.4. The van der Waals surface area contributed by atoms with Crippen LogP contribution in [0.15, 0.2) is 18.2 Å². The van der Waals surface area contributed by atoms with Gasteiger partial charge in [0.15, 0.2) is 11.6 Å². The Morgan fingerprint density at radius 2 is 2.06 bits per heavy atom. The fraction of sp³-hybridized carbons (Fsp3) is 0.500. The van der Waals surface area contributed by atoms with Crippen molar-refractivity contribution in [2.45, 2.75) is 18.4 Å². The number of methoxy groups -OCH3 is 1. The van der Waals surface area contributed by atoms with E-state index in [4.69, 9.17) is 4.74 Å². The van der Waals surface area contributed by atoms with Crippen molar-refractivity contribution in [1.82, 2.24) is 5.32 Å². The lowest BCUT2D eigenvalue weighted by Crippen LogP contribution is -2.39. The van der Waals surface area contributed by atoms with E-state index >= 15 is 0 Å². The lowest BCUT2D eigenvalue weighted by Gasteiger charge is -2.33. The smallest absolute Gasteiger partial charge is 0.165 e. The van der Waals surface area contributed by atoms with Gasteiger partial charge in [-0.3, -0.25) is 0 Å². The summed E-state index contributed by atoms with van der Waals surface area (Å²) in [5.74, 6) is -0.215. The molecular formula is C12H16FNO2. The van der Waals surface area contributed by atoms with Crippen LogP contribution in [0.1, 0.15) is 18.4 Å². The molecule has 0 atom stereocenters. The zero-order valence-corrected chi connectivity index (χ0v) is 9.29. The van der Waals surface area contributed by atoms with Crippen molar-refractivity contribution in [1.29, 1.82) is 0 Å². The number of aliphatic hydroxyl groups is 1. The predicted molar refractivity (Wildman–Crippen MR) is 59.0 cm³/mol. The average Bonchev–Trinajstić information content (AvgIpc) is 2.30. The van der Waals surface area contributed by atoms with Crippen LogP contribution in [0, 0.1) is 5.82 Å². The summed E-state index contributed by atoms with van der Waals surface area (Å²) in [5.41, 5.74) is -0.273. The van der Waals surface area contributed by atoms with Crippen LogP contribution in [0.25, 0.3) is 0 Å². The minimum atomic E-state index is -0.904. The topological polar surface area (TPSA) is 41.5 Å². The Morgan fingerprint density at radius 1 is 1.38 bits per heavy atom. The molecule has 1 heterocycles. The summed E-state index contributed by atoms with van der Waals surface area (Å²) in [5, 5.41) is 13.6. The third-order valence-corrected chi connectivity index (χ3v) is 3.12. The van der Waals surface area contributed by atoms with E-state index in [1.54, 1.807) is 12.1 Å². The number of halogens is 1. The number of benzene rings is 1. The summed E-state index contributed by atoms with van der Waals surface area (Å²) >= 11 is 0. The summed E-state index contributed by atoms with van der Waals surface area (Å²) in [6.07, 6.45) is 1.22. The molecule has 0 radical (unpaired) electrons. The van der Waals surface area contributed by atoms with Crippen LogP contribution in [-0.4, -0.2) is 25.3 Å². The number of piperidine rings is 1. The van der Waals surface area contributed by atoms with Crippen molar-refractivity contribution in [3.05, 3.63) is 29.6 Å². The van der Waals surface area contributed by atoms with Crippen LogP contribution >= 0.6 is 0 Å². The Morgan fingerprint density at radius 3 is 2.62 bits per heavy atom. The SMILES string of the molecule is COc1ccc(C2(O)CCNCC2)cc1F. The summed E-state index contributed by atoms with van der Waals surface area (Å²) in [6.45, 7) is 1.51. The zero-order chi connectivity index (χ0) is 11.6. The quantitative estimate of drug-likeness (QED) is 0.799. The van der Waals surface area contributed by atoms with Gasteiger partial charge in [0.1, 0.15) is 0 Å². The Labute approximate surface area is 94.2 Å². The fourth-order valence-corrected chi connectivity index (χ4v) is 2.08. The zero-order valence-electron chi connectivity index (χ0n) is 9.29. The first-order valence-electron chi connectivity index (χ1n) is 5.43. The van der Waals surface area contributed by atoms with E-state index in [2.05, 4.69) is 5.32 Å². The highest BCUT2D eigenvalue weighted by Crippen LogP contribution is 2.32. The fourth-order valence-electron chi connectivity index (χ4n) is 2.08. The van der Waals surface area contributed by atoms with Gasteiger partial charge >= 0.3 is 0 Å². The highest BCUT2D eigenvalue weighted by atomic mass is 19.1. The molecule has 0 aromatic heterocycles. The van der Waals surface area contributed by atoms with Gasteiger partial charge in [-0.1, -0.05) is 6.07 Å². The Balaban J connectivity index is 2.29. The standard InChI is InChI=1S/C12H16FNO2/c1-16-11-3-2-9(8-10(11)13)12(15)4-6-14-7-5-12/h2-3,8,14-15H,4-7H2,1H3. The van der Waals surface area contributed by atoms with Crippen LogP contribution in [0.3, 0.4) is 0 Å². The van der Waals surface area contributed by atoms with Gasteiger partial charge in [0.25, 0.3) is 0 Å². The maximum absolute atomic E-state index is 13.5. The normalized spacial score (nSPS) is 19.4. The van der Waals surface area contributed by atoms with Crippen molar-refractivity contribution < 1.29 is 14.2 Å². The molecule has 0 spiro atoms. The molecule has 0 unspecified atom stereocenters. The van der Waals surface area contributed by atoms with Gasteiger partial charge in [-0.25, -0.2) is 4.39 Å². The molecule has 1 aromatic rings. The molecule has 0 saturated carbocycles. The van der Waals surface area contributed by atoms with E-state index in [0.717, 1.165) is 13.1 Å². The van der Waals surface area contributed by atoms with Gasteiger partial charge in [0.05, 0.1) is 12.7 Å². The summed E-state index contributed by atoms with van der Waals surface area (Å²) < 4.78 is 18.4. The maximum Gasteiger partial charge on any atom is 0.165 e. The molecule has 2 N–H and O–H groups in total. The molecule has 1 saturated heterocycles. The molecule has 4 heteroatoms. The largest absolute Gasteiger partial charge is 0.494 e. The lowest BCUT2D eigenvalue weighted by molar-refractivity contribution is 0.00562. The first-order valence-corrected chi connectivity index (χ1v) is 5.43. The van der Waals surface area contributed by atoms with Crippen LogP contribution in [0.4, 0.5) is 4.39 Å². The van der Waals surface area contributed by atoms with E-state index in [1.165, 1.54) is 13.2 Å². The Kier molecular flexibility index (Phi) is 3.12. The molecule has 1 fully saturated rings. The molecule has 0 amide bonds. The number of ether oxygens (including phenoxy) is 1. The van der Waals surface area contributed by atoms with Gasteiger partial charge in [-0.05, 0) is 43.6 Å². The van der Waals surface area contributed by atoms with Gasteiger partial charge in [-0.15, -0.1) is 0 Å². The molecule has 0 bridgehead atoms. The van der Waals surface area contributed by atoms with Crippen molar-refractivity contribution in [3.8, 4) is 5.75 Å². The van der Waals surface area contributed by atoms with E-state index in [0.29, 0.717) is 18.4 Å².